The van der Waals surface area contributed by atoms with E-state index in [9.17, 15) is 9.59 Å². The van der Waals surface area contributed by atoms with Gasteiger partial charge in [0.05, 0.1) is 22.7 Å². The highest BCUT2D eigenvalue weighted by molar-refractivity contribution is 7.09. The molecule has 0 saturated heterocycles. The molecule has 1 aliphatic rings. The van der Waals surface area contributed by atoms with E-state index in [1.54, 1.807) is 28.4 Å². The number of benzene rings is 1. The van der Waals surface area contributed by atoms with E-state index in [-0.39, 0.29) is 11.5 Å². The summed E-state index contributed by atoms with van der Waals surface area (Å²) < 4.78 is 0. The van der Waals surface area contributed by atoms with Crippen LogP contribution in [-0.2, 0) is 30.6 Å². The van der Waals surface area contributed by atoms with Crippen molar-refractivity contribution in [3.63, 3.8) is 0 Å². The number of aromatic nitrogens is 1. The van der Waals surface area contributed by atoms with Crippen molar-refractivity contribution in [2.24, 2.45) is 0 Å². The Balaban J connectivity index is 1.71. The van der Waals surface area contributed by atoms with Crippen molar-refractivity contribution in [3.05, 3.63) is 51.0 Å². The van der Waals surface area contributed by atoms with Crippen LogP contribution in [0.2, 0.25) is 0 Å². The van der Waals surface area contributed by atoms with Gasteiger partial charge in [-0.05, 0) is 36.1 Å². The van der Waals surface area contributed by atoms with Crippen molar-refractivity contribution < 1.29 is 14.7 Å². The van der Waals surface area contributed by atoms with E-state index in [4.69, 9.17) is 5.11 Å². The molecule has 0 fully saturated rings. The topological polar surface area (TPSA) is 70.5 Å². The highest BCUT2D eigenvalue weighted by Crippen LogP contribution is 2.21. The van der Waals surface area contributed by atoms with Crippen LogP contribution in [0.4, 0.5) is 0 Å². The minimum atomic E-state index is -0.939. The Labute approximate surface area is 138 Å². The summed E-state index contributed by atoms with van der Waals surface area (Å²) in [4.78, 5) is 29.8. The Hall–Kier alpha value is -2.21. The van der Waals surface area contributed by atoms with Gasteiger partial charge in [0.25, 0.3) is 0 Å². The van der Waals surface area contributed by atoms with E-state index in [1.807, 2.05) is 18.4 Å². The maximum atomic E-state index is 12.5. The van der Waals surface area contributed by atoms with Crippen LogP contribution >= 0.6 is 11.3 Å². The van der Waals surface area contributed by atoms with Crippen molar-refractivity contribution in [2.75, 3.05) is 6.54 Å². The number of nitrogens with zero attached hydrogens (tertiary/aromatic N) is 2. The first-order valence-electron chi connectivity index (χ1n) is 7.63. The van der Waals surface area contributed by atoms with Crippen LogP contribution in [-0.4, -0.2) is 33.4 Å². The second kappa shape index (κ2) is 6.50. The molecular weight excluding hydrogens is 312 g/mol. The molecule has 2 heterocycles. The molecule has 0 saturated carbocycles. The Bertz CT molecular complexity index is 754. The molecule has 0 aliphatic carbocycles. The number of amides is 1. The monoisotopic (exact) mass is 330 g/mol. The highest BCUT2D eigenvalue weighted by atomic mass is 32.1. The summed E-state index contributed by atoms with van der Waals surface area (Å²) in [5.41, 5.74) is 3.14. The fourth-order valence-corrected chi connectivity index (χ4v) is 3.51. The van der Waals surface area contributed by atoms with Crippen LogP contribution in [0.3, 0.4) is 0 Å². The molecule has 1 N–H and O–H groups in total. The minimum absolute atomic E-state index is 0.0457. The fourth-order valence-electron chi connectivity index (χ4n) is 2.76. The Morgan fingerprint density at radius 3 is 2.87 bits per heavy atom. The summed E-state index contributed by atoms with van der Waals surface area (Å²) >= 11 is 1.58. The second-order valence-electron chi connectivity index (χ2n) is 5.62. The average Bonchev–Trinajstić information content (AvgIpc) is 3.01. The number of hydrogen-bond acceptors (Lipinski definition) is 4. The number of carbonyl (C=O) groups is 2. The zero-order chi connectivity index (χ0) is 16.4. The van der Waals surface area contributed by atoms with Crippen molar-refractivity contribution in [1.82, 2.24) is 9.88 Å². The van der Waals surface area contributed by atoms with E-state index in [1.165, 1.54) is 0 Å². The highest BCUT2D eigenvalue weighted by Gasteiger charge is 2.22. The first-order valence-corrected chi connectivity index (χ1v) is 8.51. The third-order valence-electron chi connectivity index (χ3n) is 4.05. The van der Waals surface area contributed by atoms with Crippen molar-refractivity contribution in [3.8, 4) is 0 Å². The molecule has 6 heteroatoms. The van der Waals surface area contributed by atoms with E-state index in [2.05, 4.69) is 4.98 Å². The standard InChI is InChI=1S/C17H18N2O3S/c1-2-15-18-14(10-23-15)8-16(20)19-6-5-11-3-4-12(17(21)22)7-13(11)9-19/h3-4,7,10H,2,5-6,8-9H2,1H3,(H,21,22). The quantitative estimate of drug-likeness (QED) is 0.935. The zero-order valence-corrected chi connectivity index (χ0v) is 13.7. The molecule has 5 nitrogen and oxygen atoms in total. The number of thiazole rings is 1. The van der Waals surface area contributed by atoms with Gasteiger partial charge in [0.2, 0.25) is 5.91 Å². The van der Waals surface area contributed by atoms with Crippen LogP contribution < -0.4 is 0 Å². The molecule has 0 spiro atoms. The van der Waals surface area contributed by atoms with Gasteiger partial charge in [-0.15, -0.1) is 11.3 Å². The Morgan fingerprint density at radius 2 is 2.17 bits per heavy atom. The lowest BCUT2D eigenvalue weighted by Gasteiger charge is -2.29. The van der Waals surface area contributed by atoms with Gasteiger partial charge in [-0.3, -0.25) is 4.79 Å². The molecule has 3 rings (SSSR count). The zero-order valence-electron chi connectivity index (χ0n) is 12.9. The second-order valence-corrected chi connectivity index (χ2v) is 6.56. The van der Waals surface area contributed by atoms with Crippen molar-refractivity contribution in [2.45, 2.75) is 32.7 Å². The van der Waals surface area contributed by atoms with Crippen molar-refractivity contribution in [1.29, 1.82) is 0 Å². The molecule has 23 heavy (non-hydrogen) atoms. The summed E-state index contributed by atoms with van der Waals surface area (Å²) in [7, 11) is 0. The van der Waals surface area contributed by atoms with E-state index in [0.717, 1.165) is 34.7 Å². The normalized spacial score (nSPS) is 13.7. The van der Waals surface area contributed by atoms with Crippen LogP contribution in [0.5, 0.6) is 0 Å². The molecule has 0 radical (unpaired) electrons. The summed E-state index contributed by atoms with van der Waals surface area (Å²) in [5, 5.41) is 12.1. The number of aryl methyl sites for hydroxylation is 1. The van der Waals surface area contributed by atoms with Gasteiger partial charge in [-0.2, -0.15) is 0 Å². The average molecular weight is 330 g/mol. The summed E-state index contributed by atoms with van der Waals surface area (Å²) in [6, 6.07) is 5.16. The fraction of sp³-hybridized carbons (Fsp3) is 0.353. The van der Waals surface area contributed by atoms with Gasteiger partial charge in [0.1, 0.15) is 0 Å². The molecule has 1 aromatic heterocycles. The lowest BCUT2D eigenvalue weighted by molar-refractivity contribution is -0.131. The molecule has 1 amide bonds. The van der Waals surface area contributed by atoms with Gasteiger partial charge < -0.3 is 10.0 Å². The van der Waals surface area contributed by atoms with Gasteiger partial charge in [-0.1, -0.05) is 13.0 Å². The van der Waals surface area contributed by atoms with Crippen LogP contribution in [0.15, 0.2) is 23.6 Å². The molecule has 0 bridgehead atoms. The summed E-state index contributed by atoms with van der Waals surface area (Å²) in [5.74, 6) is -0.893. The lowest BCUT2D eigenvalue weighted by atomic mass is 9.97. The van der Waals surface area contributed by atoms with Gasteiger partial charge in [0, 0.05) is 18.5 Å². The van der Waals surface area contributed by atoms with Crippen LogP contribution in [0.1, 0.15) is 39.1 Å². The third-order valence-corrected chi connectivity index (χ3v) is 5.09. The van der Waals surface area contributed by atoms with E-state index < -0.39 is 5.97 Å². The van der Waals surface area contributed by atoms with E-state index in [0.29, 0.717) is 19.5 Å². The number of rotatable bonds is 4. The predicted octanol–water partition coefficient (Wildman–Crippen LogP) is 2.53. The molecule has 1 aliphatic heterocycles. The third kappa shape index (κ3) is 3.42. The smallest absolute Gasteiger partial charge is 0.335 e. The maximum Gasteiger partial charge on any atom is 0.335 e. The summed E-state index contributed by atoms with van der Waals surface area (Å²) in [6.45, 7) is 3.19. The van der Waals surface area contributed by atoms with Gasteiger partial charge >= 0.3 is 5.97 Å². The van der Waals surface area contributed by atoms with Gasteiger partial charge in [0.15, 0.2) is 0 Å². The first kappa shape index (κ1) is 15.7. The molecule has 1 aromatic carbocycles. The molecule has 2 aromatic rings. The number of hydrogen-bond donors (Lipinski definition) is 1. The van der Waals surface area contributed by atoms with Crippen LogP contribution in [0, 0.1) is 0 Å². The Morgan fingerprint density at radius 1 is 1.35 bits per heavy atom. The van der Waals surface area contributed by atoms with E-state index >= 15 is 0 Å². The number of carbonyl (C=O) groups excluding carboxylic acids is 1. The first-order chi connectivity index (χ1) is 11.1. The largest absolute Gasteiger partial charge is 0.478 e. The number of carboxylic acids is 1. The predicted molar refractivity (Wildman–Crippen MR) is 87.7 cm³/mol. The molecule has 0 unspecified atom stereocenters. The Kier molecular flexibility index (Phi) is 4.43. The van der Waals surface area contributed by atoms with Gasteiger partial charge in [-0.25, -0.2) is 9.78 Å². The summed E-state index contributed by atoms with van der Waals surface area (Å²) in [6.07, 6.45) is 1.95. The molecule has 0 atom stereocenters. The SMILES string of the molecule is CCc1nc(CC(=O)N2CCc3ccc(C(=O)O)cc3C2)cs1. The number of carboxylic acid groups (broad SMARTS) is 1. The van der Waals surface area contributed by atoms with Crippen molar-refractivity contribution >= 4 is 23.2 Å². The maximum absolute atomic E-state index is 12.5. The molecular formula is C17H18N2O3S. The lowest BCUT2D eigenvalue weighted by Crippen LogP contribution is -2.37. The van der Waals surface area contributed by atoms with Crippen LogP contribution in [0.25, 0.3) is 0 Å². The number of fused-ring (bicyclic) bond motifs is 1. The number of aromatic carboxylic acids is 1. The minimum Gasteiger partial charge on any atom is -0.478 e. The molecule has 120 valence electrons.